The van der Waals surface area contributed by atoms with Gasteiger partial charge in [-0.05, 0) is 32.1 Å². The fourth-order valence-corrected chi connectivity index (χ4v) is 9.64. The van der Waals surface area contributed by atoms with E-state index in [1.807, 2.05) is 6.08 Å². The molecule has 67 heavy (non-hydrogen) atoms. The molecular formula is C61H119NO5. The van der Waals surface area contributed by atoms with Crippen molar-refractivity contribution in [3.8, 4) is 0 Å². The van der Waals surface area contributed by atoms with E-state index >= 15 is 0 Å². The van der Waals surface area contributed by atoms with Gasteiger partial charge in [0.15, 0.2) is 0 Å². The zero-order valence-corrected chi connectivity index (χ0v) is 45.4. The lowest BCUT2D eigenvalue weighted by molar-refractivity contribution is -0.143. The average Bonchev–Trinajstić information content (AvgIpc) is 3.33. The number of allylic oxidation sites excluding steroid dienone is 1. The Morgan fingerprint density at radius 1 is 0.403 bits per heavy atom. The van der Waals surface area contributed by atoms with Crippen LogP contribution in [0.15, 0.2) is 12.2 Å². The summed E-state index contributed by atoms with van der Waals surface area (Å²) >= 11 is 0. The normalized spacial score (nSPS) is 12.6. The summed E-state index contributed by atoms with van der Waals surface area (Å²) in [4.78, 5) is 24.6. The lowest BCUT2D eigenvalue weighted by atomic mass is 10.0. The maximum atomic E-state index is 12.5. The highest BCUT2D eigenvalue weighted by atomic mass is 16.5. The van der Waals surface area contributed by atoms with Gasteiger partial charge < -0.3 is 20.3 Å². The average molecular weight is 947 g/mol. The molecule has 1 amide bonds. The number of nitrogens with one attached hydrogen (secondary N) is 1. The summed E-state index contributed by atoms with van der Waals surface area (Å²) in [6.45, 7) is 4.92. The van der Waals surface area contributed by atoms with Crippen molar-refractivity contribution >= 4 is 11.9 Å². The van der Waals surface area contributed by atoms with E-state index in [1.165, 1.54) is 270 Å². The molecule has 0 heterocycles. The molecule has 0 saturated heterocycles. The van der Waals surface area contributed by atoms with E-state index in [4.69, 9.17) is 4.74 Å². The van der Waals surface area contributed by atoms with E-state index in [0.717, 1.165) is 44.9 Å². The first-order chi connectivity index (χ1) is 33.0. The first-order valence-electron chi connectivity index (χ1n) is 30.5. The molecule has 0 aliphatic carbocycles. The Morgan fingerprint density at radius 2 is 0.687 bits per heavy atom. The van der Waals surface area contributed by atoms with E-state index in [2.05, 4.69) is 19.2 Å². The van der Waals surface area contributed by atoms with Crippen LogP contribution in [-0.4, -0.2) is 47.4 Å². The van der Waals surface area contributed by atoms with Gasteiger partial charge in [0.1, 0.15) is 0 Å². The van der Waals surface area contributed by atoms with E-state index < -0.39 is 12.1 Å². The monoisotopic (exact) mass is 946 g/mol. The Morgan fingerprint density at radius 3 is 1.01 bits per heavy atom. The Kier molecular flexibility index (Phi) is 56.0. The molecule has 0 bridgehead atoms. The molecule has 2 atom stereocenters. The van der Waals surface area contributed by atoms with Crippen LogP contribution in [0.4, 0.5) is 0 Å². The van der Waals surface area contributed by atoms with Crippen molar-refractivity contribution in [2.75, 3.05) is 13.2 Å². The van der Waals surface area contributed by atoms with Gasteiger partial charge in [-0.2, -0.15) is 0 Å². The summed E-state index contributed by atoms with van der Waals surface area (Å²) in [5.74, 6) is -0.0687. The number of amides is 1. The number of carbonyl (C=O) groups is 2. The van der Waals surface area contributed by atoms with Crippen LogP contribution in [-0.2, 0) is 14.3 Å². The highest BCUT2D eigenvalue weighted by Gasteiger charge is 2.18. The predicted molar refractivity (Wildman–Crippen MR) is 292 cm³/mol. The van der Waals surface area contributed by atoms with Crippen molar-refractivity contribution in [1.29, 1.82) is 0 Å². The number of hydrogen-bond donors (Lipinski definition) is 3. The number of aliphatic hydroxyl groups is 2. The minimum absolute atomic E-state index is 0.00470. The molecule has 0 rings (SSSR count). The van der Waals surface area contributed by atoms with Crippen LogP contribution >= 0.6 is 0 Å². The minimum atomic E-state index is -0.849. The second-order valence-electron chi connectivity index (χ2n) is 21.0. The van der Waals surface area contributed by atoms with Crippen molar-refractivity contribution in [2.45, 2.75) is 353 Å². The number of aliphatic hydroxyl groups excluding tert-OH is 2. The molecule has 6 heteroatoms. The maximum Gasteiger partial charge on any atom is 0.305 e. The molecule has 2 unspecified atom stereocenters. The van der Waals surface area contributed by atoms with Gasteiger partial charge in [-0.25, -0.2) is 0 Å². The number of carbonyl (C=O) groups excluding carboxylic acids is 2. The zero-order valence-electron chi connectivity index (χ0n) is 45.4. The molecule has 0 spiro atoms. The van der Waals surface area contributed by atoms with Gasteiger partial charge in [-0.3, -0.25) is 9.59 Å². The van der Waals surface area contributed by atoms with Crippen molar-refractivity contribution in [3.05, 3.63) is 12.2 Å². The van der Waals surface area contributed by atoms with Crippen molar-refractivity contribution in [2.24, 2.45) is 0 Å². The third-order valence-electron chi connectivity index (χ3n) is 14.3. The van der Waals surface area contributed by atoms with Gasteiger partial charge >= 0.3 is 5.97 Å². The molecular weight excluding hydrogens is 827 g/mol. The Bertz CT molecular complexity index is 1000. The van der Waals surface area contributed by atoms with Crippen molar-refractivity contribution in [1.82, 2.24) is 5.32 Å². The summed E-state index contributed by atoms with van der Waals surface area (Å²) in [6.07, 6.45) is 68.1. The molecule has 0 aromatic carbocycles. The fourth-order valence-electron chi connectivity index (χ4n) is 9.64. The van der Waals surface area contributed by atoms with Crippen molar-refractivity contribution in [3.63, 3.8) is 0 Å². The summed E-state index contributed by atoms with van der Waals surface area (Å²) in [7, 11) is 0. The molecule has 0 aliphatic rings. The van der Waals surface area contributed by atoms with E-state index in [0.29, 0.717) is 19.4 Å². The number of rotatable bonds is 57. The van der Waals surface area contributed by atoms with Crippen LogP contribution in [0.2, 0.25) is 0 Å². The molecule has 0 aromatic heterocycles. The lowest BCUT2D eigenvalue weighted by Gasteiger charge is -2.20. The molecule has 6 nitrogen and oxygen atoms in total. The van der Waals surface area contributed by atoms with E-state index in [-0.39, 0.29) is 18.5 Å². The Balaban J connectivity index is 3.43. The minimum Gasteiger partial charge on any atom is -0.466 e. The van der Waals surface area contributed by atoms with Crippen LogP contribution in [0.1, 0.15) is 341 Å². The summed E-state index contributed by atoms with van der Waals surface area (Å²) < 4.78 is 5.49. The SMILES string of the molecule is CCCCCCCCCCCCCCCCC/C=C/C(O)C(CO)NC(=O)CCCCCCCCCCCCCCCCCOC(=O)CCCCCCCCCCCCCCCCCCCC. The summed E-state index contributed by atoms with van der Waals surface area (Å²) in [5.41, 5.74) is 0. The van der Waals surface area contributed by atoms with Crippen LogP contribution in [0.3, 0.4) is 0 Å². The first-order valence-corrected chi connectivity index (χ1v) is 30.5. The smallest absolute Gasteiger partial charge is 0.305 e. The fraction of sp³-hybridized carbons (Fsp3) is 0.934. The molecule has 3 N–H and O–H groups in total. The molecule has 398 valence electrons. The largest absolute Gasteiger partial charge is 0.466 e. The van der Waals surface area contributed by atoms with Gasteiger partial charge in [-0.15, -0.1) is 0 Å². The molecule has 0 radical (unpaired) electrons. The van der Waals surface area contributed by atoms with E-state index in [1.54, 1.807) is 6.08 Å². The molecule has 0 aliphatic heterocycles. The number of ether oxygens (including phenoxy) is 1. The van der Waals surface area contributed by atoms with Crippen LogP contribution in [0, 0.1) is 0 Å². The quantitative estimate of drug-likeness (QED) is 0.0321. The Labute approximate surface area is 419 Å². The number of hydrogen-bond acceptors (Lipinski definition) is 5. The topological polar surface area (TPSA) is 95.9 Å². The lowest BCUT2D eigenvalue weighted by Crippen LogP contribution is -2.45. The third-order valence-corrected chi connectivity index (χ3v) is 14.3. The van der Waals surface area contributed by atoms with Gasteiger partial charge in [0.2, 0.25) is 5.91 Å². The van der Waals surface area contributed by atoms with Crippen LogP contribution in [0.5, 0.6) is 0 Å². The van der Waals surface area contributed by atoms with Crippen molar-refractivity contribution < 1.29 is 24.5 Å². The molecule has 0 fully saturated rings. The highest BCUT2D eigenvalue weighted by molar-refractivity contribution is 5.76. The second kappa shape index (κ2) is 57.2. The predicted octanol–water partition coefficient (Wildman–Crippen LogP) is 18.9. The Hall–Kier alpha value is -1.40. The third kappa shape index (κ3) is 53.8. The van der Waals surface area contributed by atoms with Gasteiger partial charge in [0, 0.05) is 12.8 Å². The first kappa shape index (κ1) is 65.6. The summed E-state index contributed by atoms with van der Waals surface area (Å²) in [6, 6.07) is -0.634. The van der Waals surface area contributed by atoms with Gasteiger partial charge in [0.05, 0.1) is 25.4 Å². The second-order valence-corrected chi connectivity index (χ2v) is 21.0. The standard InChI is InChI=1S/C61H119NO5/c1-3-5-7-9-11-13-15-17-19-21-23-27-31-35-39-43-47-51-55-61(66)67-56-52-48-44-40-36-32-28-24-26-30-34-38-42-46-50-54-60(65)62-58(57-63)59(64)53-49-45-41-37-33-29-25-22-20-18-16-14-12-10-8-6-4-2/h49,53,58-59,63-64H,3-48,50-52,54-57H2,1-2H3,(H,62,65)/b53-49+. The van der Waals surface area contributed by atoms with Gasteiger partial charge in [-0.1, -0.05) is 309 Å². The molecule has 0 saturated carbocycles. The van der Waals surface area contributed by atoms with E-state index in [9.17, 15) is 19.8 Å². The maximum absolute atomic E-state index is 12.5. The number of esters is 1. The highest BCUT2D eigenvalue weighted by Crippen LogP contribution is 2.18. The van der Waals surface area contributed by atoms with Crippen LogP contribution in [0.25, 0.3) is 0 Å². The zero-order chi connectivity index (χ0) is 48.6. The number of unbranched alkanes of at least 4 members (excludes halogenated alkanes) is 46. The summed E-state index contributed by atoms with van der Waals surface area (Å²) in [5, 5.41) is 23.1. The molecule has 0 aromatic rings. The van der Waals surface area contributed by atoms with Gasteiger partial charge in [0.25, 0.3) is 0 Å². The van der Waals surface area contributed by atoms with Crippen LogP contribution < -0.4 is 5.32 Å².